The minimum Gasteiger partial charge on any atom is -0.480 e. The van der Waals surface area contributed by atoms with E-state index in [2.05, 4.69) is 10.6 Å². The monoisotopic (exact) mass is 376 g/mol. The van der Waals surface area contributed by atoms with Crippen LogP contribution in [0.3, 0.4) is 0 Å². The summed E-state index contributed by atoms with van der Waals surface area (Å²) in [6, 6.07) is -3.67. The van der Waals surface area contributed by atoms with Crippen molar-refractivity contribution in [2.45, 2.75) is 51.4 Å². The van der Waals surface area contributed by atoms with Gasteiger partial charge in [-0.2, -0.15) is 0 Å². The molecule has 0 aliphatic heterocycles. The summed E-state index contributed by atoms with van der Waals surface area (Å²) in [4.78, 5) is 46.7. The number of aliphatic hydroxyl groups is 2. The lowest BCUT2D eigenvalue weighted by Crippen LogP contribution is -2.59. The molecule has 0 aliphatic carbocycles. The van der Waals surface area contributed by atoms with Gasteiger partial charge in [-0.3, -0.25) is 19.2 Å². The van der Waals surface area contributed by atoms with Crippen LogP contribution < -0.4 is 21.7 Å². The number of nitrogens with one attached hydrogen (secondary N) is 3. The van der Waals surface area contributed by atoms with Gasteiger partial charge in [0.2, 0.25) is 17.7 Å². The summed E-state index contributed by atoms with van der Waals surface area (Å²) in [5, 5.41) is 33.9. The van der Waals surface area contributed by atoms with Gasteiger partial charge in [-0.25, -0.2) is 0 Å². The summed E-state index contributed by atoms with van der Waals surface area (Å²) in [5.74, 6) is -3.97. The van der Waals surface area contributed by atoms with Gasteiger partial charge in [-0.05, 0) is 12.8 Å². The molecule has 0 rings (SSSR count). The fraction of sp³-hybridized carbons (Fsp3) is 0.733. The molecule has 0 spiro atoms. The van der Waals surface area contributed by atoms with Crippen LogP contribution in [-0.2, 0) is 19.2 Å². The van der Waals surface area contributed by atoms with Crippen LogP contribution in [0.1, 0.15) is 27.2 Å². The predicted octanol–water partition coefficient (Wildman–Crippen LogP) is -3.10. The van der Waals surface area contributed by atoms with Crippen LogP contribution in [0.2, 0.25) is 0 Å². The summed E-state index contributed by atoms with van der Waals surface area (Å²) < 4.78 is 0. The highest BCUT2D eigenvalue weighted by atomic mass is 16.4. The van der Waals surface area contributed by atoms with E-state index < -0.39 is 61.1 Å². The summed E-state index contributed by atoms with van der Waals surface area (Å²) in [6.07, 6.45) is -0.611. The van der Waals surface area contributed by atoms with Crippen molar-refractivity contribution >= 4 is 23.7 Å². The molecule has 26 heavy (non-hydrogen) atoms. The number of carbonyl (C=O) groups excluding carboxylic acids is 3. The molecule has 0 heterocycles. The van der Waals surface area contributed by atoms with E-state index in [1.807, 2.05) is 5.32 Å². The van der Waals surface area contributed by atoms with Crippen LogP contribution in [0, 0.1) is 5.92 Å². The average Bonchev–Trinajstić information content (AvgIpc) is 2.59. The Kier molecular flexibility index (Phi) is 10.4. The summed E-state index contributed by atoms with van der Waals surface area (Å²) in [6.45, 7) is 3.38. The van der Waals surface area contributed by atoms with Gasteiger partial charge in [0.05, 0.1) is 12.7 Å². The van der Waals surface area contributed by atoms with Gasteiger partial charge in [-0.15, -0.1) is 0 Å². The van der Waals surface area contributed by atoms with Gasteiger partial charge in [0.1, 0.15) is 24.7 Å². The third-order valence-electron chi connectivity index (χ3n) is 3.85. The maximum absolute atomic E-state index is 12.4. The molecule has 0 saturated carbocycles. The predicted molar refractivity (Wildman–Crippen MR) is 90.7 cm³/mol. The first-order valence-electron chi connectivity index (χ1n) is 8.19. The Morgan fingerprint density at radius 2 is 1.62 bits per heavy atom. The second-order valence-electron chi connectivity index (χ2n) is 5.99. The molecular weight excluding hydrogens is 348 g/mol. The molecule has 0 aromatic rings. The number of carbonyl (C=O) groups is 4. The van der Waals surface area contributed by atoms with Crippen LogP contribution in [0.15, 0.2) is 0 Å². The Bertz CT molecular complexity index is 512. The Labute approximate surface area is 151 Å². The van der Waals surface area contributed by atoms with Crippen LogP contribution in [0.5, 0.6) is 0 Å². The molecule has 5 unspecified atom stereocenters. The van der Waals surface area contributed by atoms with Gasteiger partial charge < -0.3 is 37.0 Å². The molecule has 0 aliphatic rings. The number of aliphatic hydroxyl groups excluding tert-OH is 2. The van der Waals surface area contributed by atoms with Crippen molar-refractivity contribution in [2.75, 3.05) is 13.2 Å². The Morgan fingerprint density at radius 3 is 2.04 bits per heavy atom. The molecular formula is C15H28N4O7. The normalized spacial score (nSPS) is 16.5. The maximum Gasteiger partial charge on any atom is 0.322 e. The Balaban J connectivity index is 5.08. The van der Waals surface area contributed by atoms with Crippen molar-refractivity contribution in [1.29, 1.82) is 0 Å². The number of hydrogen-bond acceptors (Lipinski definition) is 7. The lowest BCUT2D eigenvalue weighted by molar-refractivity contribution is -0.139. The quantitative estimate of drug-likeness (QED) is 0.197. The topological polar surface area (TPSA) is 191 Å². The minimum atomic E-state index is -1.38. The van der Waals surface area contributed by atoms with E-state index in [4.69, 9.17) is 10.8 Å². The molecule has 0 radical (unpaired) electrons. The number of carboxylic acids is 1. The smallest absolute Gasteiger partial charge is 0.322 e. The zero-order valence-electron chi connectivity index (χ0n) is 15.1. The van der Waals surface area contributed by atoms with Gasteiger partial charge in [0, 0.05) is 0 Å². The Morgan fingerprint density at radius 1 is 1.04 bits per heavy atom. The van der Waals surface area contributed by atoms with Gasteiger partial charge in [-0.1, -0.05) is 20.3 Å². The molecule has 11 nitrogen and oxygen atoms in total. The number of aliphatic carboxylic acids is 1. The molecule has 5 atom stereocenters. The van der Waals surface area contributed by atoms with Crippen molar-refractivity contribution in [1.82, 2.24) is 16.0 Å². The lowest BCUT2D eigenvalue weighted by Gasteiger charge is -2.27. The zero-order chi connectivity index (χ0) is 20.4. The van der Waals surface area contributed by atoms with E-state index in [9.17, 15) is 29.4 Å². The Hall–Kier alpha value is -2.24. The van der Waals surface area contributed by atoms with Crippen molar-refractivity contribution in [3.05, 3.63) is 0 Å². The summed E-state index contributed by atoms with van der Waals surface area (Å²) >= 11 is 0. The molecule has 0 aromatic heterocycles. The number of rotatable bonds is 11. The highest BCUT2D eigenvalue weighted by molar-refractivity contribution is 5.94. The number of amides is 3. The molecule has 11 heteroatoms. The van der Waals surface area contributed by atoms with E-state index in [1.165, 1.54) is 6.92 Å². The fourth-order valence-corrected chi connectivity index (χ4v) is 1.91. The molecule has 0 saturated heterocycles. The summed E-state index contributed by atoms with van der Waals surface area (Å²) in [7, 11) is 0. The highest BCUT2D eigenvalue weighted by Crippen LogP contribution is 2.09. The molecule has 0 bridgehead atoms. The number of hydrogen-bond donors (Lipinski definition) is 7. The van der Waals surface area contributed by atoms with Gasteiger partial charge in [0.25, 0.3) is 0 Å². The molecule has 150 valence electrons. The molecule has 3 amide bonds. The van der Waals surface area contributed by atoms with Crippen molar-refractivity contribution in [2.24, 2.45) is 11.7 Å². The first kappa shape index (κ1) is 23.8. The van der Waals surface area contributed by atoms with Crippen molar-refractivity contribution in [3.63, 3.8) is 0 Å². The van der Waals surface area contributed by atoms with Crippen LogP contribution in [0.4, 0.5) is 0 Å². The second-order valence-corrected chi connectivity index (χ2v) is 5.99. The van der Waals surface area contributed by atoms with Crippen LogP contribution in [0.25, 0.3) is 0 Å². The first-order chi connectivity index (χ1) is 12.0. The van der Waals surface area contributed by atoms with E-state index in [-0.39, 0.29) is 5.92 Å². The molecule has 0 fully saturated rings. The summed E-state index contributed by atoms with van der Waals surface area (Å²) in [5.41, 5.74) is 5.54. The standard InChI is InChI=1S/C15H28N4O7/c1-4-7(2)12(19-14(25)11(16)8(3)21)15(26)18-9(6-20)13(24)17-5-10(22)23/h7-9,11-12,20-21H,4-6,16H2,1-3H3,(H,17,24)(H,18,26)(H,19,25)(H,22,23). The minimum absolute atomic E-state index is 0.332. The first-order valence-corrected chi connectivity index (χ1v) is 8.19. The van der Waals surface area contributed by atoms with E-state index in [0.717, 1.165) is 0 Å². The second kappa shape index (κ2) is 11.4. The van der Waals surface area contributed by atoms with E-state index in [0.29, 0.717) is 6.42 Å². The maximum atomic E-state index is 12.4. The van der Waals surface area contributed by atoms with Gasteiger partial charge >= 0.3 is 5.97 Å². The van der Waals surface area contributed by atoms with Crippen LogP contribution in [-0.4, -0.2) is 76.4 Å². The number of nitrogens with two attached hydrogens (primary N) is 1. The third-order valence-corrected chi connectivity index (χ3v) is 3.85. The largest absolute Gasteiger partial charge is 0.480 e. The van der Waals surface area contributed by atoms with Crippen molar-refractivity contribution in [3.8, 4) is 0 Å². The average molecular weight is 376 g/mol. The van der Waals surface area contributed by atoms with E-state index >= 15 is 0 Å². The molecule has 8 N–H and O–H groups in total. The van der Waals surface area contributed by atoms with Gasteiger partial charge in [0.15, 0.2) is 0 Å². The van der Waals surface area contributed by atoms with Crippen molar-refractivity contribution < 1.29 is 34.5 Å². The van der Waals surface area contributed by atoms with E-state index in [1.54, 1.807) is 13.8 Å². The third kappa shape index (κ3) is 7.76. The number of carboxylic acid groups (broad SMARTS) is 1. The SMILES string of the molecule is CCC(C)C(NC(=O)C(N)C(C)O)C(=O)NC(CO)C(=O)NCC(=O)O. The zero-order valence-corrected chi connectivity index (χ0v) is 15.1. The highest BCUT2D eigenvalue weighted by Gasteiger charge is 2.31. The van der Waals surface area contributed by atoms with Crippen LogP contribution >= 0.6 is 0 Å². The lowest BCUT2D eigenvalue weighted by atomic mass is 9.97. The molecule has 0 aromatic carbocycles. The fourth-order valence-electron chi connectivity index (χ4n) is 1.91.